The van der Waals surface area contributed by atoms with Crippen molar-refractivity contribution >= 4 is 69.5 Å². The van der Waals surface area contributed by atoms with Gasteiger partial charge in [0.15, 0.2) is 5.13 Å². The van der Waals surface area contributed by atoms with Gasteiger partial charge in [0.25, 0.3) is 5.91 Å². The molecule has 2 aromatic heterocycles. The first-order chi connectivity index (χ1) is 15.3. The molecule has 17 heteroatoms. The average molecular weight is 537 g/mol. The Morgan fingerprint density at radius 2 is 2.21 bits per heavy atom. The number of tetrazole rings is 1. The Bertz CT molecular complexity index is 1110. The first-order valence-electron chi connectivity index (χ1n) is 9.09. The number of thiazole rings is 1. The second-order valence-corrected chi connectivity index (χ2v) is 10.6. The smallest absolute Gasteiger partial charge is 0.543 e. The number of aryl methyl sites for hydroxylation is 1. The molecule has 2 aromatic rings. The van der Waals surface area contributed by atoms with Crippen LogP contribution in [0.3, 0.4) is 0 Å². The number of carbonyl (C=O) groups is 3. The summed E-state index contributed by atoms with van der Waals surface area (Å²) >= 11 is 5.16. The molecule has 0 aromatic carbocycles. The number of nitrogen functional groups attached to an aromatic ring is 1. The number of carboxylic acids is 1. The Labute approximate surface area is 227 Å². The maximum atomic E-state index is 12.8. The SMILES string of the molecule is CSC(C(=O)NC1C(=O)N2C(C(=O)[O-])=C(CSc3nnnn3C)CS[C@H]12)c1csc(N)n1.[Na+]. The summed E-state index contributed by atoms with van der Waals surface area (Å²) in [5.41, 5.74) is 6.57. The predicted octanol–water partition coefficient (Wildman–Crippen LogP) is -4.15. The van der Waals surface area contributed by atoms with E-state index in [1.54, 1.807) is 18.7 Å². The van der Waals surface area contributed by atoms with E-state index in [-0.39, 0.29) is 46.9 Å². The van der Waals surface area contributed by atoms with Crippen molar-refractivity contribution in [2.24, 2.45) is 7.05 Å². The van der Waals surface area contributed by atoms with Crippen LogP contribution in [0, 0.1) is 0 Å². The summed E-state index contributed by atoms with van der Waals surface area (Å²) in [6.45, 7) is 0. The van der Waals surface area contributed by atoms with Gasteiger partial charge in [0.05, 0.1) is 17.4 Å². The van der Waals surface area contributed by atoms with Crippen LogP contribution < -0.4 is 45.7 Å². The Hall–Kier alpha value is -1.30. The number of amides is 2. The average Bonchev–Trinajstić information content (AvgIpc) is 3.37. The number of aromatic nitrogens is 5. The molecule has 0 saturated carbocycles. The zero-order chi connectivity index (χ0) is 23.0. The van der Waals surface area contributed by atoms with E-state index < -0.39 is 28.5 Å². The van der Waals surface area contributed by atoms with Gasteiger partial charge >= 0.3 is 29.6 Å². The number of rotatable bonds is 8. The van der Waals surface area contributed by atoms with Crippen molar-refractivity contribution < 1.29 is 49.0 Å². The number of hydrogen-bond acceptors (Lipinski definition) is 13. The molecule has 2 aliphatic heterocycles. The number of aliphatic carboxylic acids is 1. The van der Waals surface area contributed by atoms with Gasteiger partial charge in [0.2, 0.25) is 11.1 Å². The molecule has 12 nitrogen and oxygen atoms in total. The van der Waals surface area contributed by atoms with E-state index in [4.69, 9.17) is 5.73 Å². The summed E-state index contributed by atoms with van der Waals surface area (Å²) < 4.78 is 1.47. The van der Waals surface area contributed by atoms with E-state index in [9.17, 15) is 19.5 Å². The van der Waals surface area contributed by atoms with E-state index in [1.165, 1.54) is 56.2 Å². The molecule has 33 heavy (non-hydrogen) atoms. The third kappa shape index (κ3) is 5.21. The number of hydrogen-bond donors (Lipinski definition) is 2. The number of nitrogens with one attached hydrogen (secondary N) is 1. The minimum Gasteiger partial charge on any atom is -0.543 e. The van der Waals surface area contributed by atoms with Gasteiger partial charge in [-0.3, -0.25) is 14.5 Å². The number of fused-ring (bicyclic) bond motifs is 1. The molecule has 1 saturated heterocycles. The van der Waals surface area contributed by atoms with Crippen LogP contribution in [0.25, 0.3) is 0 Å². The molecule has 170 valence electrons. The van der Waals surface area contributed by atoms with E-state index in [0.717, 1.165) is 0 Å². The molecule has 0 spiro atoms. The number of nitrogens with two attached hydrogens (primary N) is 1. The van der Waals surface area contributed by atoms with E-state index in [2.05, 4.69) is 25.8 Å². The molecule has 4 heterocycles. The number of nitrogens with zero attached hydrogens (tertiary/aromatic N) is 6. The van der Waals surface area contributed by atoms with Gasteiger partial charge in [-0.15, -0.1) is 40.0 Å². The molecule has 2 aliphatic rings. The normalized spacial score (nSPS) is 20.5. The monoisotopic (exact) mass is 536 g/mol. The van der Waals surface area contributed by atoms with E-state index in [1.807, 2.05) is 0 Å². The molecule has 2 amide bonds. The van der Waals surface area contributed by atoms with Crippen LogP contribution in [0.1, 0.15) is 10.9 Å². The van der Waals surface area contributed by atoms with Gasteiger partial charge in [-0.25, -0.2) is 9.67 Å². The fraction of sp³-hybridized carbons (Fsp3) is 0.438. The summed E-state index contributed by atoms with van der Waals surface area (Å²) in [7, 11) is 1.68. The van der Waals surface area contributed by atoms with Gasteiger partial charge in [-0.2, -0.15) is 0 Å². The zero-order valence-corrected chi connectivity index (χ0v) is 23.0. The number of anilines is 1. The van der Waals surface area contributed by atoms with Crippen LogP contribution in [0.4, 0.5) is 5.13 Å². The number of β-lactam (4-membered cyclic amide) rings is 1. The van der Waals surface area contributed by atoms with Gasteiger partial charge in [-0.1, -0.05) is 11.8 Å². The topological polar surface area (TPSA) is 172 Å². The third-order valence-corrected chi connectivity index (χ3v) is 8.83. The molecule has 1 fully saturated rings. The van der Waals surface area contributed by atoms with Crippen LogP contribution in [-0.4, -0.2) is 77.1 Å². The van der Waals surface area contributed by atoms with Crippen LogP contribution in [0.5, 0.6) is 0 Å². The Balaban J connectivity index is 0.00000306. The second kappa shape index (κ2) is 11.0. The Morgan fingerprint density at radius 3 is 2.79 bits per heavy atom. The quantitative estimate of drug-likeness (QED) is 0.190. The molecule has 3 N–H and O–H groups in total. The van der Waals surface area contributed by atoms with Crippen LogP contribution in [-0.2, 0) is 21.4 Å². The molecule has 0 aliphatic carbocycles. The summed E-state index contributed by atoms with van der Waals surface area (Å²) in [5, 5.41) is 27.2. The molecule has 0 radical (unpaired) electrons. The minimum atomic E-state index is -1.43. The van der Waals surface area contributed by atoms with Crippen molar-refractivity contribution in [1.29, 1.82) is 0 Å². The van der Waals surface area contributed by atoms with Crippen molar-refractivity contribution in [3.63, 3.8) is 0 Å². The van der Waals surface area contributed by atoms with Gasteiger partial charge in [-0.05, 0) is 22.3 Å². The van der Waals surface area contributed by atoms with Crippen molar-refractivity contribution in [3.8, 4) is 0 Å². The standard InChI is InChI=1S/C16H18N8O4S4.Na/c1-23-16(20-21-22-23)32-4-6-3-30-13-8(12(26)24(13)9(6)14(27)28)19-11(25)10(29-2)7-5-31-15(17)18-7;/h5,8,10,13H,3-4H2,1-2H3,(H2,17,18)(H,19,25)(H,27,28);/q;+1/p-1/t8?,10?,13-;/m1./s1. The first-order valence-corrected chi connectivity index (χ1v) is 13.3. The van der Waals surface area contributed by atoms with E-state index in [0.29, 0.717) is 27.3 Å². The van der Waals surface area contributed by atoms with E-state index >= 15 is 0 Å². The molecule has 4 rings (SSSR count). The van der Waals surface area contributed by atoms with Crippen molar-refractivity contribution in [2.45, 2.75) is 21.8 Å². The van der Waals surface area contributed by atoms with Crippen LogP contribution >= 0.6 is 46.6 Å². The largest absolute Gasteiger partial charge is 1.00 e. The van der Waals surface area contributed by atoms with Gasteiger partial charge in [0, 0.05) is 23.9 Å². The minimum absolute atomic E-state index is 0. The summed E-state index contributed by atoms with van der Waals surface area (Å²) in [6, 6.07) is -0.829. The molecule has 0 bridgehead atoms. The Morgan fingerprint density at radius 1 is 1.45 bits per heavy atom. The maximum absolute atomic E-state index is 12.8. The number of carboxylic acid groups (broad SMARTS) is 1. The Kier molecular flexibility index (Phi) is 8.74. The number of thioether (sulfide) groups is 3. The fourth-order valence-corrected chi connectivity index (χ4v) is 6.94. The van der Waals surface area contributed by atoms with Crippen LogP contribution in [0.15, 0.2) is 21.8 Å². The number of carbonyl (C=O) groups excluding carboxylic acids is 3. The summed E-state index contributed by atoms with van der Waals surface area (Å²) in [4.78, 5) is 42.8. The summed E-state index contributed by atoms with van der Waals surface area (Å²) in [6.07, 6.45) is 1.76. The second-order valence-electron chi connectivity index (χ2n) is 6.74. The first kappa shape index (κ1) is 26.3. The van der Waals surface area contributed by atoms with Crippen LogP contribution in [0.2, 0.25) is 0 Å². The third-order valence-electron chi connectivity index (χ3n) is 4.78. The van der Waals surface area contributed by atoms with Gasteiger partial charge < -0.3 is 21.0 Å². The van der Waals surface area contributed by atoms with Crippen molar-refractivity contribution in [1.82, 2.24) is 35.4 Å². The molecule has 2 unspecified atom stereocenters. The molecular weight excluding hydrogens is 519 g/mol. The van der Waals surface area contributed by atoms with Crippen molar-refractivity contribution in [2.75, 3.05) is 23.5 Å². The maximum Gasteiger partial charge on any atom is 1.00 e. The predicted molar refractivity (Wildman–Crippen MR) is 119 cm³/mol. The van der Waals surface area contributed by atoms with Crippen molar-refractivity contribution in [3.05, 3.63) is 22.3 Å². The molecule has 3 atom stereocenters. The fourth-order valence-electron chi connectivity index (χ4n) is 3.29. The molecular formula is C16H17N8NaO4S4. The zero-order valence-electron chi connectivity index (χ0n) is 17.8. The van der Waals surface area contributed by atoms with Gasteiger partial charge in [0.1, 0.15) is 16.7 Å². The summed E-state index contributed by atoms with van der Waals surface area (Å²) in [5.74, 6) is -1.64.